The molecule has 0 aliphatic rings. The van der Waals surface area contributed by atoms with E-state index in [9.17, 15) is 20.0 Å². The molecule has 0 aromatic heterocycles. The number of amides is 1. The molecule has 0 heterocycles. The Morgan fingerprint density at radius 3 is 2.65 bits per heavy atom. The summed E-state index contributed by atoms with van der Waals surface area (Å²) in [6.07, 6.45) is 1.25. The van der Waals surface area contributed by atoms with Crippen LogP contribution in [-0.2, 0) is 11.2 Å². The summed E-state index contributed by atoms with van der Waals surface area (Å²) in [6, 6.07) is 10.3. The van der Waals surface area contributed by atoms with Crippen molar-refractivity contribution < 1.29 is 14.8 Å². The molecule has 0 bridgehead atoms. The number of nitro groups is 1. The Morgan fingerprint density at radius 2 is 2.00 bits per heavy atom. The lowest BCUT2D eigenvalue weighted by Crippen LogP contribution is -2.19. The summed E-state index contributed by atoms with van der Waals surface area (Å²) in [5, 5.41) is 24.5. The molecule has 23 heavy (non-hydrogen) atoms. The molecule has 2 aromatic carbocycles. The van der Waals surface area contributed by atoms with Crippen molar-refractivity contribution in [2.24, 2.45) is 5.10 Å². The van der Waals surface area contributed by atoms with Crippen LogP contribution in [-0.4, -0.2) is 22.2 Å². The third kappa shape index (κ3) is 4.79. The molecule has 1 amide bonds. The Morgan fingerprint density at radius 1 is 1.30 bits per heavy atom. The molecule has 0 saturated heterocycles. The van der Waals surface area contributed by atoms with E-state index in [0.717, 1.165) is 17.8 Å². The average Bonchev–Trinajstić information content (AvgIpc) is 2.51. The molecule has 0 radical (unpaired) electrons. The monoisotopic (exact) mass is 333 g/mol. The number of carbonyl (C=O) groups is 1. The second kappa shape index (κ2) is 7.37. The normalized spacial score (nSPS) is 10.7. The van der Waals surface area contributed by atoms with Crippen molar-refractivity contribution in [2.75, 3.05) is 0 Å². The minimum absolute atomic E-state index is 0.107. The molecule has 2 rings (SSSR count). The molecule has 0 aliphatic heterocycles. The lowest BCUT2D eigenvalue weighted by Gasteiger charge is -2.01. The van der Waals surface area contributed by atoms with Crippen LogP contribution in [0.25, 0.3) is 0 Å². The molecule has 0 unspecified atom stereocenters. The first kappa shape index (κ1) is 16.4. The largest absolute Gasteiger partial charge is 0.507 e. The topological polar surface area (TPSA) is 105 Å². The summed E-state index contributed by atoms with van der Waals surface area (Å²) in [6.45, 7) is 0. The van der Waals surface area contributed by atoms with Gasteiger partial charge in [-0.25, -0.2) is 5.43 Å². The SMILES string of the molecule is O=C(Cc1ccc(Cl)cc1)N/N=C/c1cc([N+](=O)[O-])ccc1O. The number of phenols is 1. The lowest BCUT2D eigenvalue weighted by atomic mass is 10.1. The average molecular weight is 334 g/mol. The minimum Gasteiger partial charge on any atom is -0.507 e. The Hall–Kier alpha value is -2.93. The van der Waals surface area contributed by atoms with Crippen LogP contribution in [0.1, 0.15) is 11.1 Å². The van der Waals surface area contributed by atoms with Gasteiger partial charge in [0, 0.05) is 22.7 Å². The summed E-state index contributed by atoms with van der Waals surface area (Å²) in [7, 11) is 0. The van der Waals surface area contributed by atoms with Crippen molar-refractivity contribution >= 4 is 29.4 Å². The maximum Gasteiger partial charge on any atom is 0.270 e. The van der Waals surface area contributed by atoms with Gasteiger partial charge in [0.25, 0.3) is 5.69 Å². The quantitative estimate of drug-likeness (QED) is 0.498. The van der Waals surface area contributed by atoms with E-state index in [1.54, 1.807) is 24.3 Å². The second-order valence-corrected chi connectivity index (χ2v) is 5.03. The molecule has 8 heteroatoms. The van der Waals surface area contributed by atoms with E-state index >= 15 is 0 Å². The molecular weight excluding hydrogens is 322 g/mol. The van der Waals surface area contributed by atoms with Crippen molar-refractivity contribution in [1.29, 1.82) is 0 Å². The Kier molecular flexibility index (Phi) is 5.27. The smallest absolute Gasteiger partial charge is 0.270 e. The van der Waals surface area contributed by atoms with E-state index in [-0.39, 0.29) is 29.3 Å². The van der Waals surface area contributed by atoms with E-state index in [1.165, 1.54) is 12.1 Å². The predicted molar refractivity (Wildman–Crippen MR) is 85.7 cm³/mol. The zero-order valence-corrected chi connectivity index (χ0v) is 12.5. The standard InChI is InChI=1S/C15H12ClN3O4/c16-12-3-1-10(2-4-12)7-15(21)18-17-9-11-8-13(19(22)23)5-6-14(11)20/h1-6,8-9,20H,7H2,(H,18,21)/b17-9+. The molecule has 2 aromatic rings. The van der Waals surface area contributed by atoms with Gasteiger partial charge in [-0.15, -0.1) is 0 Å². The lowest BCUT2D eigenvalue weighted by molar-refractivity contribution is -0.384. The highest BCUT2D eigenvalue weighted by Crippen LogP contribution is 2.21. The van der Waals surface area contributed by atoms with Gasteiger partial charge in [-0.3, -0.25) is 14.9 Å². The summed E-state index contributed by atoms with van der Waals surface area (Å²) in [4.78, 5) is 21.8. The molecule has 0 spiro atoms. The molecule has 0 fully saturated rings. The molecule has 0 saturated carbocycles. The van der Waals surface area contributed by atoms with Crippen molar-refractivity contribution in [2.45, 2.75) is 6.42 Å². The molecular formula is C15H12ClN3O4. The van der Waals surface area contributed by atoms with Crippen molar-refractivity contribution in [3.63, 3.8) is 0 Å². The number of nitrogens with one attached hydrogen (secondary N) is 1. The van der Waals surface area contributed by atoms with Crippen LogP contribution in [0.2, 0.25) is 5.02 Å². The Balaban J connectivity index is 1.98. The van der Waals surface area contributed by atoms with Gasteiger partial charge in [-0.1, -0.05) is 23.7 Å². The van der Waals surface area contributed by atoms with Crippen LogP contribution in [0.4, 0.5) is 5.69 Å². The van der Waals surface area contributed by atoms with E-state index in [0.29, 0.717) is 5.02 Å². The fourth-order valence-electron chi connectivity index (χ4n) is 1.76. The number of carbonyl (C=O) groups excluding carboxylic acids is 1. The molecule has 7 nitrogen and oxygen atoms in total. The van der Waals surface area contributed by atoms with Gasteiger partial charge < -0.3 is 5.11 Å². The van der Waals surface area contributed by atoms with Gasteiger partial charge in [-0.2, -0.15) is 5.10 Å². The fourth-order valence-corrected chi connectivity index (χ4v) is 1.89. The number of hydrazone groups is 1. The Labute approximate surface area is 136 Å². The predicted octanol–water partition coefficient (Wildman–Crippen LogP) is 2.65. The number of nitrogens with zero attached hydrogens (tertiary/aromatic N) is 2. The van der Waals surface area contributed by atoms with E-state index in [2.05, 4.69) is 10.5 Å². The number of aromatic hydroxyl groups is 1. The zero-order valence-electron chi connectivity index (χ0n) is 11.8. The highest BCUT2D eigenvalue weighted by Gasteiger charge is 2.09. The van der Waals surface area contributed by atoms with Crippen LogP contribution >= 0.6 is 11.6 Å². The van der Waals surface area contributed by atoms with Gasteiger partial charge in [0.1, 0.15) is 5.75 Å². The first-order valence-corrected chi connectivity index (χ1v) is 6.87. The third-order valence-electron chi connectivity index (χ3n) is 2.89. The minimum atomic E-state index is -0.587. The summed E-state index contributed by atoms with van der Waals surface area (Å²) in [5.74, 6) is -0.542. The van der Waals surface area contributed by atoms with Crippen molar-refractivity contribution in [3.8, 4) is 5.75 Å². The molecule has 2 N–H and O–H groups in total. The van der Waals surface area contributed by atoms with Crippen LogP contribution in [0, 0.1) is 10.1 Å². The Bertz CT molecular complexity index is 760. The van der Waals surface area contributed by atoms with Gasteiger partial charge in [0.15, 0.2) is 0 Å². The maximum atomic E-state index is 11.7. The van der Waals surface area contributed by atoms with E-state index < -0.39 is 4.92 Å². The number of benzene rings is 2. The molecule has 118 valence electrons. The van der Waals surface area contributed by atoms with Gasteiger partial charge >= 0.3 is 0 Å². The molecule has 0 aliphatic carbocycles. The van der Waals surface area contributed by atoms with Crippen molar-refractivity contribution in [1.82, 2.24) is 5.43 Å². The summed E-state index contributed by atoms with van der Waals surface area (Å²) < 4.78 is 0. The zero-order chi connectivity index (χ0) is 16.8. The second-order valence-electron chi connectivity index (χ2n) is 4.60. The van der Waals surface area contributed by atoms with Crippen LogP contribution < -0.4 is 5.43 Å². The summed E-state index contributed by atoms with van der Waals surface area (Å²) in [5.41, 5.74) is 3.00. The number of rotatable bonds is 5. The fraction of sp³-hybridized carbons (Fsp3) is 0.0667. The number of non-ortho nitro benzene ring substituents is 1. The van der Waals surface area contributed by atoms with Gasteiger partial charge in [0.05, 0.1) is 17.6 Å². The number of phenolic OH excluding ortho intramolecular Hbond substituents is 1. The van der Waals surface area contributed by atoms with Gasteiger partial charge in [-0.05, 0) is 23.8 Å². The van der Waals surface area contributed by atoms with E-state index in [1.807, 2.05) is 0 Å². The molecule has 0 atom stereocenters. The van der Waals surface area contributed by atoms with Crippen LogP contribution in [0.15, 0.2) is 47.6 Å². The third-order valence-corrected chi connectivity index (χ3v) is 3.14. The van der Waals surface area contributed by atoms with E-state index in [4.69, 9.17) is 11.6 Å². The van der Waals surface area contributed by atoms with Crippen molar-refractivity contribution in [3.05, 3.63) is 68.7 Å². The number of hydrogen-bond acceptors (Lipinski definition) is 5. The first-order valence-electron chi connectivity index (χ1n) is 6.49. The van der Waals surface area contributed by atoms with Crippen LogP contribution in [0.3, 0.4) is 0 Å². The number of nitro benzene ring substituents is 1. The van der Waals surface area contributed by atoms with Crippen LogP contribution in [0.5, 0.6) is 5.75 Å². The van der Waals surface area contributed by atoms with Gasteiger partial charge in [0.2, 0.25) is 5.91 Å². The highest BCUT2D eigenvalue weighted by molar-refractivity contribution is 6.30. The number of hydrogen-bond donors (Lipinski definition) is 2. The summed E-state index contributed by atoms with van der Waals surface area (Å²) >= 11 is 5.75. The number of halogens is 1. The maximum absolute atomic E-state index is 11.7. The highest BCUT2D eigenvalue weighted by atomic mass is 35.5. The first-order chi connectivity index (χ1) is 11.0.